The Hall–Kier alpha value is -3.54. The summed E-state index contributed by atoms with van der Waals surface area (Å²) in [6.45, 7) is 0. The van der Waals surface area contributed by atoms with Crippen molar-refractivity contribution in [3.8, 4) is 23.0 Å². The highest BCUT2D eigenvalue weighted by molar-refractivity contribution is 6.10. The molecule has 0 fully saturated rings. The second-order valence-corrected chi connectivity index (χ2v) is 5.56. The number of ether oxygens (including phenoxy) is 3. The lowest BCUT2D eigenvalue weighted by Gasteiger charge is -2.07. The standard InChI is InChI=1S/C22H22O6/c1-26-20-11-7-16(13-22(20)28-3)5-9-18(24)14-17(23)8-4-15-6-10-19(25)21(12-15)27-2/h4-13,25H,14H2,1-3H3/b8-4+,9-5+/i4D,8D,9D. The zero-order chi connectivity index (χ0) is 23.1. The number of benzene rings is 2. The molecule has 0 unspecified atom stereocenters. The Morgan fingerprint density at radius 3 is 2.18 bits per heavy atom. The fourth-order valence-electron chi connectivity index (χ4n) is 2.24. The predicted molar refractivity (Wildman–Crippen MR) is 107 cm³/mol. The number of hydrogen-bond donors (Lipinski definition) is 1. The molecule has 6 nitrogen and oxygen atoms in total. The van der Waals surface area contributed by atoms with Crippen molar-refractivity contribution in [2.75, 3.05) is 21.3 Å². The largest absolute Gasteiger partial charge is 0.504 e. The third-order valence-electron chi connectivity index (χ3n) is 3.65. The number of phenols is 1. The molecule has 0 heterocycles. The first-order valence-corrected chi connectivity index (χ1v) is 8.23. The van der Waals surface area contributed by atoms with Crippen LogP contribution >= 0.6 is 0 Å². The van der Waals surface area contributed by atoms with Crippen LogP contribution in [0.4, 0.5) is 0 Å². The van der Waals surface area contributed by atoms with Crippen LogP contribution in [0.15, 0.2) is 48.5 Å². The van der Waals surface area contributed by atoms with Crippen LogP contribution in [0.1, 0.15) is 21.7 Å². The minimum absolute atomic E-state index is 0.0878. The van der Waals surface area contributed by atoms with Crippen LogP contribution in [0.25, 0.3) is 12.1 Å². The Bertz CT molecular complexity index is 1060. The van der Waals surface area contributed by atoms with Crippen molar-refractivity contribution < 1.29 is 33.0 Å². The van der Waals surface area contributed by atoms with Gasteiger partial charge in [-0.2, -0.15) is 0 Å². The van der Waals surface area contributed by atoms with Crippen molar-refractivity contribution >= 4 is 23.7 Å². The second-order valence-electron chi connectivity index (χ2n) is 5.56. The molecule has 2 rings (SSSR count). The third-order valence-corrected chi connectivity index (χ3v) is 3.65. The molecule has 0 aliphatic heterocycles. The lowest BCUT2D eigenvalue weighted by atomic mass is 10.1. The first kappa shape index (κ1) is 16.6. The van der Waals surface area contributed by atoms with E-state index >= 15 is 0 Å². The molecular weight excluding hydrogens is 360 g/mol. The zero-order valence-electron chi connectivity index (χ0n) is 18.7. The number of methoxy groups -OCH3 is 3. The fraction of sp³-hybridized carbons (Fsp3) is 0.182. The highest BCUT2D eigenvalue weighted by Crippen LogP contribution is 2.28. The van der Waals surface area contributed by atoms with Gasteiger partial charge in [-0.1, -0.05) is 24.3 Å². The summed E-state index contributed by atoms with van der Waals surface area (Å²) in [6, 6.07) is 7.25. The van der Waals surface area contributed by atoms with Crippen LogP contribution in [0.2, 0.25) is 0 Å². The van der Waals surface area contributed by atoms with Crippen LogP contribution in [0, 0.1) is 0 Å². The molecule has 0 aliphatic rings. The molecule has 0 saturated heterocycles. The molecule has 0 bridgehead atoms. The van der Waals surface area contributed by atoms with Crippen molar-refractivity contribution in [1.82, 2.24) is 0 Å². The average Bonchev–Trinajstić information content (AvgIpc) is 2.77. The van der Waals surface area contributed by atoms with Crippen LogP contribution in [0.3, 0.4) is 0 Å². The summed E-state index contributed by atoms with van der Waals surface area (Å²) in [6.07, 6.45) is 0.552. The summed E-state index contributed by atoms with van der Waals surface area (Å²) < 4.78 is 39.2. The SMILES string of the molecule is [2H]/C(=C\c1ccc(OC)c(OC)c1)C(=O)CC(=O)/C([2H])=C(\[2H])c1ccc(O)c(OC)c1. The maximum Gasteiger partial charge on any atom is 0.163 e. The first-order chi connectivity index (χ1) is 14.7. The summed E-state index contributed by atoms with van der Waals surface area (Å²) in [5.74, 6) is -0.832. The van der Waals surface area contributed by atoms with Gasteiger partial charge in [0.2, 0.25) is 0 Å². The molecule has 0 aromatic heterocycles. The van der Waals surface area contributed by atoms with Crippen molar-refractivity contribution in [1.29, 1.82) is 0 Å². The molecule has 1 N–H and O–H groups in total. The summed E-state index contributed by atoms with van der Waals surface area (Å²) in [4.78, 5) is 24.6. The van der Waals surface area contributed by atoms with Gasteiger partial charge in [-0.3, -0.25) is 9.59 Å². The van der Waals surface area contributed by atoms with Gasteiger partial charge in [0.25, 0.3) is 0 Å². The lowest BCUT2D eigenvalue weighted by Crippen LogP contribution is -2.01. The maximum absolute atomic E-state index is 12.3. The monoisotopic (exact) mass is 385 g/mol. The summed E-state index contributed by atoms with van der Waals surface area (Å²) in [7, 11) is 4.28. The van der Waals surface area contributed by atoms with Crippen LogP contribution in [0.5, 0.6) is 23.0 Å². The minimum Gasteiger partial charge on any atom is -0.504 e. The highest BCUT2D eigenvalue weighted by atomic mass is 16.5. The Balaban J connectivity index is 2.19. The van der Waals surface area contributed by atoms with E-state index < -0.39 is 36.1 Å². The third kappa shape index (κ3) is 5.74. The Morgan fingerprint density at radius 2 is 1.50 bits per heavy atom. The number of ketones is 2. The summed E-state index contributed by atoms with van der Waals surface area (Å²) in [5, 5.41) is 9.63. The van der Waals surface area contributed by atoms with Crippen molar-refractivity contribution in [3.63, 3.8) is 0 Å². The zero-order valence-corrected chi connectivity index (χ0v) is 15.7. The van der Waals surface area contributed by atoms with Crippen molar-refractivity contribution in [2.24, 2.45) is 0 Å². The molecule has 28 heavy (non-hydrogen) atoms. The molecule has 0 spiro atoms. The molecule has 0 atom stereocenters. The number of carbonyl (C=O) groups is 2. The normalized spacial score (nSPS) is 13.5. The van der Waals surface area contributed by atoms with Gasteiger partial charge in [-0.05, 0) is 47.5 Å². The molecule has 6 heteroatoms. The molecule has 2 aromatic rings. The topological polar surface area (TPSA) is 82.1 Å². The Kier molecular flexibility index (Phi) is 5.92. The van der Waals surface area contributed by atoms with Gasteiger partial charge in [0.05, 0.1) is 31.9 Å². The van der Waals surface area contributed by atoms with Gasteiger partial charge >= 0.3 is 0 Å². The van der Waals surface area contributed by atoms with E-state index in [0.717, 1.165) is 0 Å². The van der Waals surface area contributed by atoms with Crippen molar-refractivity contribution in [2.45, 2.75) is 6.42 Å². The summed E-state index contributed by atoms with van der Waals surface area (Å²) >= 11 is 0. The number of rotatable bonds is 9. The van der Waals surface area contributed by atoms with E-state index in [1.54, 1.807) is 18.2 Å². The van der Waals surface area contributed by atoms with E-state index in [0.29, 0.717) is 17.1 Å². The van der Waals surface area contributed by atoms with Crippen LogP contribution in [-0.4, -0.2) is 38.0 Å². The molecule has 0 radical (unpaired) electrons. The first-order valence-electron chi connectivity index (χ1n) is 9.73. The highest BCUT2D eigenvalue weighted by Gasteiger charge is 2.06. The van der Waals surface area contributed by atoms with E-state index in [9.17, 15) is 14.7 Å². The van der Waals surface area contributed by atoms with E-state index in [1.807, 2.05) is 0 Å². The Labute approximate surface area is 167 Å². The number of carbonyl (C=O) groups excluding carboxylic acids is 2. The van der Waals surface area contributed by atoms with Gasteiger partial charge < -0.3 is 19.3 Å². The number of allylic oxidation sites excluding steroid dienone is 2. The van der Waals surface area contributed by atoms with E-state index in [1.165, 1.54) is 45.6 Å². The molecule has 0 aliphatic carbocycles. The predicted octanol–water partition coefficient (Wildman–Crippen LogP) is 3.67. The lowest BCUT2D eigenvalue weighted by molar-refractivity contribution is -0.121. The molecule has 0 amide bonds. The maximum atomic E-state index is 12.3. The van der Waals surface area contributed by atoms with Gasteiger partial charge in [-0.15, -0.1) is 0 Å². The quantitative estimate of drug-likeness (QED) is 0.524. The second kappa shape index (κ2) is 9.97. The molecule has 146 valence electrons. The average molecular weight is 385 g/mol. The van der Waals surface area contributed by atoms with E-state index in [4.69, 9.17) is 18.3 Å². The number of aromatic hydroxyl groups is 1. The van der Waals surface area contributed by atoms with Gasteiger partial charge in [0.15, 0.2) is 34.6 Å². The minimum atomic E-state index is -0.896. The number of hydrogen-bond acceptors (Lipinski definition) is 6. The van der Waals surface area contributed by atoms with Gasteiger partial charge in [0, 0.05) is 0 Å². The van der Waals surface area contributed by atoms with E-state index in [2.05, 4.69) is 0 Å². The van der Waals surface area contributed by atoms with Crippen molar-refractivity contribution in [3.05, 3.63) is 59.6 Å². The van der Waals surface area contributed by atoms with Gasteiger partial charge in [-0.25, -0.2) is 0 Å². The van der Waals surface area contributed by atoms with Gasteiger partial charge in [0.1, 0.15) is 0 Å². The summed E-state index contributed by atoms with van der Waals surface area (Å²) in [5.41, 5.74) is 0.676. The van der Waals surface area contributed by atoms with Crippen LogP contribution < -0.4 is 14.2 Å². The molecular formula is C22H22O6. The van der Waals surface area contributed by atoms with E-state index in [-0.39, 0.29) is 17.1 Å². The molecule has 0 saturated carbocycles. The van der Waals surface area contributed by atoms with Crippen LogP contribution in [-0.2, 0) is 9.59 Å². The number of phenolic OH excluding ortho intramolecular Hbond substituents is 1. The molecule has 2 aromatic carbocycles. The fourth-order valence-corrected chi connectivity index (χ4v) is 2.24. The Morgan fingerprint density at radius 1 is 0.893 bits per heavy atom. The smallest absolute Gasteiger partial charge is 0.163 e.